The summed E-state index contributed by atoms with van der Waals surface area (Å²) < 4.78 is 5.61. The van der Waals surface area contributed by atoms with Crippen LogP contribution in [-0.4, -0.2) is 72.5 Å². The van der Waals surface area contributed by atoms with Crippen molar-refractivity contribution in [2.75, 3.05) is 39.8 Å². The third-order valence-corrected chi connectivity index (χ3v) is 8.60. The maximum Gasteiger partial charge on any atom is 0.415 e. The zero-order chi connectivity index (χ0) is 25.2. The fourth-order valence-electron chi connectivity index (χ4n) is 5.51. The number of hydrogen-bond donors (Lipinski definition) is 0. The van der Waals surface area contributed by atoms with Gasteiger partial charge in [-0.2, -0.15) is 0 Å². The first-order valence-corrected chi connectivity index (χ1v) is 13.6. The summed E-state index contributed by atoms with van der Waals surface area (Å²) in [5.74, 6) is 1.50. The van der Waals surface area contributed by atoms with E-state index >= 15 is 0 Å². The van der Waals surface area contributed by atoms with Gasteiger partial charge in [-0.1, -0.05) is 47.5 Å². The van der Waals surface area contributed by atoms with E-state index in [9.17, 15) is 9.59 Å². The van der Waals surface area contributed by atoms with E-state index in [4.69, 9.17) is 27.9 Å². The third kappa shape index (κ3) is 5.82. The molecule has 0 radical (unpaired) electrons. The molecule has 1 aliphatic carbocycles. The Labute approximate surface area is 223 Å². The lowest BCUT2D eigenvalue weighted by Crippen LogP contribution is -2.45. The quantitative estimate of drug-likeness (QED) is 0.492. The van der Waals surface area contributed by atoms with E-state index in [2.05, 4.69) is 4.90 Å². The van der Waals surface area contributed by atoms with Crippen LogP contribution in [0.25, 0.3) is 0 Å². The highest BCUT2D eigenvalue weighted by Gasteiger charge is 2.42. The number of halogens is 2. The minimum atomic E-state index is -0.445. The van der Waals surface area contributed by atoms with Crippen LogP contribution >= 0.6 is 23.2 Å². The topological polar surface area (TPSA) is 53.1 Å². The van der Waals surface area contributed by atoms with E-state index in [-0.39, 0.29) is 23.8 Å². The van der Waals surface area contributed by atoms with Gasteiger partial charge in [0, 0.05) is 38.5 Å². The Morgan fingerprint density at radius 1 is 0.972 bits per heavy atom. The predicted octanol–water partition coefficient (Wildman–Crippen LogP) is 5.54. The molecule has 2 saturated heterocycles. The van der Waals surface area contributed by atoms with E-state index in [0.29, 0.717) is 28.9 Å². The molecular weight excluding hydrogens is 497 g/mol. The summed E-state index contributed by atoms with van der Waals surface area (Å²) in [4.78, 5) is 32.7. The number of benzene rings is 2. The second-order valence-corrected chi connectivity index (χ2v) is 11.2. The molecule has 2 atom stereocenters. The first kappa shape index (κ1) is 25.4. The van der Waals surface area contributed by atoms with E-state index in [1.165, 1.54) is 19.4 Å². The molecule has 1 saturated carbocycles. The van der Waals surface area contributed by atoms with Crippen LogP contribution in [-0.2, 0) is 4.79 Å². The van der Waals surface area contributed by atoms with E-state index in [0.717, 1.165) is 37.4 Å². The average molecular weight is 530 g/mol. The zero-order valence-corrected chi connectivity index (χ0v) is 22.1. The molecule has 1 unspecified atom stereocenters. The predicted molar refractivity (Wildman–Crippen MR) is 142 cm³/mol. The third-order valence-electron chi connectivity index (χ3n) is 7.86. The lowest BCUT2D eigenvalue weighted by atomic mass is 9.93. The first-order chi connectivity index (χ1) is 17.4. The number of rotatable bonds is 6. The Morgan fingerprint density at radius 2 is 1.69 bits per heavy atom. The molecule has 0 aromatic heterocycles. The number of amides is 2. The van der Waals surface area contributed by atoms with Crippen molar-refractivity contribution in [3.63, 3.8) is 0 Å². The molecule has 2 aromatic rings. The van der Waals surface area contributed by atoms with Gasteiger partial charge in [0.2, 0.25) is 5.91 Å². The summed E-state index contributed by atoms with van der Waals surface area (Å²) in [5, 5.41) is 0.952. The molecule has 36 heavy (non-hydrogen) atoms. The molecule has 6 nitrogen and oxygen atoms in total. The Kier molecular flexibility index (Phi) is 7.75. The van der Waals surface area contributed by atoms with Crippen LogP contribution in [0.4, 0.5) is 4.79 Å². The highest BCUT2D eigenvalue weighted by molar-refractivity contribution is 6.42. The highest BCUT2D eigenvalue weighted by Crippen LogP contribution is 2.36. The van der Waals surface area contributed by atoms with Crippen LogP contribution in [0.15, 0.2) is 48.5 Å². The Balaban J connectivity index is 1.30. The maximum atomic E-state index is 13.6. The van der Waals surface area contributed by atoms with Crippen molar-refractivity contribution < 1.29 is 14.3 Å². The van der Waals surface area contributed by atoms with Gasteiger partial charge in [-0.25, -0.2) is 4.79 Å². The van der Waals surface area contributed by atoms with E-state index < -0.39 is 6.09 Å². The van der Waals surface area contributed by atoms with Crippen molar-refractivity contribution in [1.82, 2.24) is 14.7 Å². The minimum absolute atomic E-state index is 0.0373. The van der Waals surface area contributed by atoms with Crippen LogP contribution in [0.1, 0.15) is 37.2 Å². The molecule has 2 amide bonds. The maximum absolute atomic E-state index is 13.6. The van der Waals surface area contributed by atoms with Gasteiger partial charge in [-0.05, 0) is 74.5 Å². The Morgan fingerprint density at radius 3 is 2.36 bits per heavy atom. The SMILES string of the molecule is CN(C(=O)Oc1ccccc1)C1CN(C(=O)C2CCN(CC3CC3)CC2)C[C@@H]1c1ccc(Cl)c(Cl)c1. The van der Waals surface area contributed by atoms with Crippen molar-refractivity contribution in [2.45, 2.75) is 37.6 Å². The molecule has 3 fully saturated rings. The Bertz CT molecular complexity index is 1090. The number of nitrogens with zero attached hydrogens (tertiary/aromatic N) is 3. The second-order valence-electron chi connectivity index (χ2n) is 10.4. The Hall–Kier alpha value is -2.28. The molecule has 0 spiro atoms. The number of carbonyl (C=O) groups is 2. The monoisotopic (exact) mass is 529 g/mol. The van der Waals surface area contributed by atoms with Crippen molar-refractivity contribution >= 4 is 35.2 Å². The van der Waals surface area contributed by atoms with Crippen molar-refractivity contribution in [3.05, 3.63) is 64.1 Å². The summed E-state index contributed by atoms with van der Waals surface area (Å²) in [6, 6.07) is 14.4. The van der Waals surface area contributed by atoms with Gasteiger partial charge in [0.25, 0.3) is 0 Å². The molecule has 0 bridgehead atoms. The van der Waals surface area contributed by atoms with Gasteiger partial charge < -0.3 is 19.4 Å². The van der Waals surface area contributed by atoms with Crippen LogP contribution < -0.4 is 4.74 Å². The number of carbonyl (C=O) groups excluding carboxylic acids is 2. The summed E-state index contributed by atoms with van der Waals surface area (Å²) in [7, 11) is 1.74. The van der Waals surface area contributed by atoms with Gasteiger partial charge >= 0.3 is 6.09 Å². The van der Waals surface area contributed by atoms with Crippen molar-refractivity contribution in [3.8, 4) is 5.75 Å². The van der Waals surface area contributed by atoms with Crippen LogP contribution in [0.3, 0.4) is 0 Å². The molecule has 2 aromatic carbocycles. The standard InChI is InChI=1S/C28H33Cl2N3O3/c1-31(28(35)36-22-5-3-2-4-6-22)26-18-33(17-23(26)21-9-10-24(29)25(30)15-21)27(34)20-11-13-32(14-12-20)16-19-7-8-19/h2-6,9-10,15,19-20,23,26H,7-8,11-14,16-18H2,1H3/t23-,26?/m1/s1. The molecule has 0 N–H and O–H groups in total. The summed E-state index contributed by atoms with van der Waals surface area (Å²) >= 11 is 12.5. The zero-order valence-electron chi connectivity index (χ0n) is 20.6. The molecule has 2 aliphatic heterocycles. The average Bonchev–Trinajstić information content (AvgIpc) is 3.60. The second kappa shape index (κ2) is 11.0. The molecule has 3 aliphatic rings. The molecule has 5 rings (SSSR count). The fraction of sp³-hybridized carbons (Fsp3) is 0.500. The normalized spacial score (nSPS) is 23.0. The van der Waals surface area contributed by atoms with Crippen LogP contribution in [0.2, 0.25) is 10.0 Å². The van der Waals surface area contributed by atoms with Gasteiger partial charge in [0.15, 0.2) is 0 Å². The number of hydrogen-bond acceptors (Lipinski definition) is 4. The van der Waals surface area contributed by atoms with E-state index in [1.54, 1.807) is 30.1 Å². The van der Waals surface area contributed by atoms with Crippen molar-refractivity contribution in [2.24, 2.45) is 11.8 Å². The highest BCUT2D eigenvalue weighted by atomic mass is 35.5. The van der Waals surface area contributed by atoms with Gasteiger partial charge in [0.1, 0.15) is 5.75 Å². The smallest absolute Gasteiger partial charge is 0.410 e. The van der Waals surface area contributed by atoms with Crippen molar-refractivity contribution in [1.29, 1.82) is 0 Å². The largest absolute Gasteiger partial charge is 0.415 e. The lowest BCUT2D eigenvalue weighted by Gasteiger charge is -2.33. The molecular formula is C28H33Cl2N3O3. The number of ether oxygens (including phenoxy) is 1. The van der Waals surface area contributed by atoms with Crippen LogP contribution in [0, 0.1) is 11.8 Å². The summed E-state index contributed by atoms with van der Waals surface area (Å²) in [6.07, 6.45) is 4.06. The van der Waals surface area contributed by atoms with Gasteiger partial charge in [-0.3, -0.25) is 4.79 Å². The number of piperidine rings is 1. The summed E-state index contributed by atoms with van der Waals surface area (Å²) in [5.41, 5.74) is 0.961. The fourth-order valence-corrected chi connectivity index (χ4v) is 5.82. The van der Waals surface area contributed by atoms with Gasteiger partial charge in [0.05, 0.1) is 16.1 Å². The lowest BCUT2D eigenvalue weighted by molar-refractivity contribution is -0.136. The number of likely N-dealkylation sites (N-methyl/N-ethyl adjacent to an activating group) is 1. The molecule has 2 heterocycles. The number of likely N-dealkylation sites (tertiary alicyclic amines) is 2. The minimum Gasteiger partial charge on any atom is -0.410 e. The van der Waals surface area contributed by atoms with Gasteiger partial charge in [-0.15, -0.1) is 0 Å². The molecule has 192 valence electrons. The first-order valence-electron chi connectivity index (χ1n) is 12.8. The number of para-hydroxylation sites is 1. The van der Waals surface area contributed by atoms with E-state index in [1.807, 2.05) is 35.2 Å². The summed E-state index contributed by atoms with van der Waals surface area (Å²) in [6.45, 7) is 4.16. The molecule has 8 heteroatoms. The van der Waals surface area contributed by atoms with Crippen LogP contribution in [0.5, 0.6) is 5.75 Å².